The fourth-order valence-electron chi connectivity index (χ4n) is 0.478. The van der Waals surface area contributed by atoms with Crippen LogP contribution in [0.1, 0.15) is 12.5 Å². The van der Waals surface area contributed by atoms with Crippen molar-refractivity contribution in [3.8, 4) is 0 Å². The molecule has 0 aliphatic heterocycles. The molecule has 2 N–H and O–H groups in total. The predicted octanol–water partition coefficient (Wildman–Crippen LogP) is 2.08. The summed E-state index contributed by atoms with van der Waals surface area (Å²) in [5.74, 6) is 0. The van der Waals surface area contributed by atoms with E-state index in [1.54, 1.807) is 6.92 Å². The normalized spacial score (nSPS) is 5.67. The average molecular weight is 244 g/mol. The maximum absolute atomic E-state index is 7.00. The Kier molecular flexibility index (Phi) is 46.6. The van der Waals surface area contributed by atoms with Gasteiger partial charge in [-0.2, -0.15) is 31.5 Å². The van der Waals surface area contributed by atoms with Crippen LogP contribution in [0.2, 0.25) is 0 Å². The molecular formula is C12H20O2Ti. The first kappa shape index (κ1) is 23.9. The van der Waals surface area contributed by atoms with Gasteiger partial charge in [-0.05, 0) is 0 Å². The van der Waals surface area contributed by atoms with Crippen LogP contribution in [0.5, 0.6) is 0 Å². The summed E-state index contributed by atoms with van der Waals surface area (Å²) in [6.45, 7) is 8.72. The second kappa shape index (κ2) is 29.2. The van der Waals surface area contributed by atoms with Gasteiger partial charge in [-0.1, -0.05) is 6.07 Å². The standard InChI is InChI=1S/C7H7.C3H5.2CH4O.Ti/c1-7-5-3-2-4-6-7;1-3-2;2*1-2;/h2-6H,1H2;1H2,2H3;2*2H,1H3;/q2*-1;;;+2. The number of benzene rings is 1. The number of hydrogen-bond donors (Lipinski definition) is 2. The molecule has 1 aromatic carbocycles. The molecule has 15 heavy (non-hydrogen) atoms. The number of aliphatic hydroxyl groups is 2. The Labute approximate surface area is 109 Å². The molecule has 0 spiro atoms. The van der Waals surface area contributed by atoms with Gasteiger partial charge in [-0.3, -0.25) is 6.58 Å². The summed E-state index contributed by atoms with van der Waals surface area (Å²) in [7, 11) is 2.00. The molecular weight excluding hydrogens is 224 g/mol. The van der Waals surface area contributed by atoms with Crippen LogP contribution in [-0.4, -0.2) is 24.4 Å². The first-order valence-electron chi connectivity index (χ1n) is 4.01. The first-order valence-corrected chi connectivity index (χ1v) is 4.01. The van der Waals surface area contributed by atoms with E-state index in [1.807, 2.05) is 30.3 Å². The van der Waals surface area contributed by atoms with E-state index in [1.165, 1.54) is 0 Å². The van der Waals surface area contributed by atoms with E-state index in [0.717, 1.165) is 19.8 Å². The van der Waals surface area contributed by atoms with Gasteiger partial charge in [0, 0.05) is 14.2 Å². The van der Waals surface area contributed by atoms with Crippen LogP contribution in [0.15, 0.2) is 36.9 Å². The van der Waals surface area contributed by atoms with Crippen LogP contribution in [0, 0.1) is 13.0 Å². The summed E-state index contributed by atoms with van der Waals surface area (Å²) < 4.78 is 0. The van der Waals surface area contributed by atoms with Crippen molar-refractivity contribution in [2.24, 2.45) is 0 Å². The van der Waals surface area contributed by atoms with Crippen molar-refractivity contribution in [2.45, 2.75) is 6.92 Å². The zero-order chi connectivity index (χ0) is 11.8. The molecule has 0 amide bonds. The molecule has 84 valence electrons. The summed E-state index contributed by atoms with van der Waals surface area (Å²) in [6.07, 6.45) is 2.50. The van der Waals surface area contributed by atoms with Gasteiger partial charge in [0.25, 0.3) is 0 Å². The molecule has 0 heterocycles. The zero-order valence-electron chi connectivity index (χ0n) is 9.70. The van der Waals surface area contributed by atoms with Gasteiger partial charge in [0.05, 0.1) is 0 Å². The monoisotopic (exact) mass is 244 g/mol. The van der Waals surface area contributed by atoms with Gasteiger partial charge >= 0.3 is 21.7 Å². The third-order valence-electron chi connectivity index (χ3n) is 0.843. The van der Waals surface area contributed by atoms with E-state index in [-0.39, 0.29) is 21.7 Å². The summed E-state index contributed by atoms with van der Waals surface area (Å²) in [6, 6.07) is 9.87. The van der Waals surface area contributed by atoms with Gasteiger partial charge in [-0.15, -0.1) is 12.1 Å². The molecule has 0 saturated carbocycles. The van der Waals surface area contributed by atoms with E-state index in [0.29, 0.717) is 0 Å². The summed E-state index contributed by atoms with van der Waals surface area (Å²) in [4.78, 5) is 0. The number of aliphatic hydroxyl groups excluding tert-OH is 2. The van der Waals surface area contributed by atoms with Gasteiger partial charge in [0.2, 0.25) is 0 Å². The van der Waals surface area contributed by atoms with E-state index in [4.69, 9.17) is 10.2 Å². The minimum atomic E-state index is 0. The maximum Gasteiger partial charge on any atom is 2.00 e. The second-order valence-corrected chi connectivity index (χ2v) is 1.84. The number of rotatable bonds is 0. The minimum absolute atomic E-state index is 0. The molecule has 2 nitrogen and oxygen atoms in total. The van der Waals surface area contributed by atoms with Crippen molar-refractivity contribution in [3.63, 3.8) is 0 Å². The van der Waals surface area contributed by atoms with Crippen molar-refractivity contribution in [1.82, 2.24) is 0 Å². The number of allylic oxidation sites excluding steroid dienone is 1. The van der Waals surface area contributed by atoms with Crippen LogP contribution in [0.25, 0.3) is 0 Å². The van der Waals surface area contributed by atoms with Crippen molar-refractivity contribution >= 4 is 0 Å². The zero-order valence-corrected chi connectivity index (χ0v) is 11.3. The van der Waals surface area contributed by atoms with E-state index >= 15 is 0 Å². The summed E-state index contributed by atoms with van der Waals surface area (Å²) >= 11 is 0. The second-order valence-electron chi connectivity index (χ2n) is 1.84. The molecule has 0 fully saturated rings. The first-order chi connectivity index (χ1) is 6.81. The Morgan fingerprint density at radius 2 is 1.33 bits per heavy atom. The Morgan fingerprint density at radius 3 is 1.47 bits per heavy atom. The summed E-state index contributed by atoms with van der Waals surface area (Å²) in [5, 5.41) is 14.0. The Balaban J connectivity index is -0.0000000658. The van der Waals surface area contributed by atoms with Crippen LogP contribution < -0.4 is 0 Å². The molecule has 0 aromatic heterocycles. The SMILES string of the molecule is C=[C-]C.CO.CO.[CH2-]c1ccccc1.[Ti+2]. The Morgan fingerprint density at radius 1 is 1.07 bits per heavy atom. The van der Waals surface area contributed by atoms with E-state index < -0.39 is 0 Å². The molecule has 0 atom stereocenters. The van der Waals surface area contributed by atoms with Crippen molar-refractivity contribution in [2.75, 3.05) is 14.2 Å². The molecule has 0 bridgehead atoms. The van der Waals surface area contributed by atoms with Crippen molar-refractivity contribution < 1.29 is 31.9 Å². The van der Waals surface area contributed by atoms with Crippen LogP contribution in [0.4, 0.5) is 0 Å². The fraction of sp³-hybridized carbons (Fsp3) is 0.250. The summed E-state index contributed by atoms with van der Waals surface area (Å²) in [5.41, 5.74) is 1.07. The van der Waals surface area contributed by atoms with E-state index in [2.05, 4.69) is 19.6 Å². The van der Waals surface area contributed by atoms with Crippen molar-refractivity contribution in [3.05, 3.63) is 55.5 Å². The Bertz CT molecular complexity index is 176. The molecule has 0 saturated heterocycles. The Hall–Kier alpha value is -0.536. The van der Waals surface area contributed by atoms with Gasteiger partial charge in [-0.25, -0.2) is 0 Å². The average Bonchev–Trinajstić information content (AvgIpc) is 2.26. The topological polar surface area (TPSA) is 40.5 Å². The minimum Gasteiger partial charge on any atom is -0.507 e. The quantitative estimate of drug-likeness (QED) is 0.542. The third kappa shape index (κ3) is 31.8. The van der Waals surface area contributed by atoms with Crippen LogP contribution in [-0.2, 0) is 21.7 Å². The van der Waals surface area contributed by atoms with E-state index in [9.17, 15) is 0 Å². The predicted molar refractivity (Wildman–Crippen MR) is 61.7 cm³/mol. The molecule has 0 aliphatic carbocycles. The smallest absolute Gasteiger partial charge is 0.507 e. The van der Waals surface area contributed by atoms with Crippen molar-refractivity contribution in [1.29, 1.82) is 0 Å². The van der Waals surface area contributed by atoms with Gasteiger partial charge in [0.1, 0.15) is 0 Å². The molecule has 1 rings (SSSR count). The molecule has 0 aliphatic rings. The van der Waals surface area contributed by atoms with Gasteiger partial charge < -0.3 is 16.3 Å². The number of hydrogen-bond acceptors (Lipinski definition) is 2. The third-order valence-corrected chi connectivity index (χ3v) is 0.843. The maximum atomic E-state index is 7.00. The van der Waals surface area contributed by atoms with Crippen LogP contribution >= 0.6 is 0 Å². The molecule has 0 unspecified atom stereocenters. The molecule has 0 radical (unpaired) electrons. The largest absolute Gasteiger partial charge is 2.00 e. The molecule has 3 heteroatoms. The van der Waals surface area contributed by atoms with Crippen LogP contribution in [0.3, 0.4) is 0 Å². The van der Waals surface area contributed by atoms with Gasteiger partial charge in [0.15, 0.2) is 0 Å². The fourth-order valence-corrected chi connectivity index (χ4v) is 0.478. The molecule has 1 aromatic rings.